The van der Waals surface area contributed by atoms with Crippen LogP contribution in [0, 0.1) is 11.3 Å². The van der Waals surface area contributed by atoms with E-state index < -0.39 is 22.8 Å². The zero-order chi connectivity index (χ0) is 21.5. The largest absolute Gasteiger partial charge is 0.423 e. The van der Waals surface area contributed by atoms with Gasteiger partial charge in [0.1, 0.15) is 17.9 Å². The summed E-state index contributed by atoms with van der Waals surface area (Å²) in [5.74, 6) is 0.736. The Balaban J connectivity index is 1.62. The first-order chi connectivity index (χ1) is 14.3. The lowest BCUT2D eigenvalue weighted by atomic mass is 10.2. The lowest BCUT2D eigenvalue weighted by Crippen LogP contribution is -2.15. The summed E-state index contributed by atoms with van der Waals surface area (Å²) in [5, 5.41) is 15.3. The third kappa shape index (κ3) is 3.62. The number of anilines is 1. The number of benzene rings is 1. The molecule has 0 aliphatic carbocycles. The minimum absolute atomic E-state index is 0.000788. The Morgan fingerprint density at radius 2 is 2.03 bits per heavy atom. The van der Waals surface area contributed by atoms with Crippen LogP contribution in [-0.4, -0.2) is 29.7 Å². The Bertz CT molecular complexity index is 1260. The number of alkyl halides is 3. The summed E-state index contributed by atoms with van der Waals surface area (Å²) in [6, 6.07) is 3.22. The highest BCUT2D eigenvalue weighted by atomic mass is 35.5. The van der Waals surface area contributed by atoms with Crippen molar-refractivity contribution in [3.63, 3.8) is 0 Å². The quantitative estimate of drug-likeness (QED) is 0.513. The van der Waals surface area contributed by atoms with Crippen molar-refractivity contribution in [2.45, 2.75) is 19.1 Å². The topological polar surface area (TPSA) is 118 Å². The van der Waals surface area contributed by atoms with E-state index in [0.29, 0.717) is 11.6 Å². The molecule has 13 heteroatoms. The molecule has 0 unspecified atom stereocenters. The van der Waals surface area contributed by atoms with Gasteiger partial charge in [-0.2, -0.15) is 33.2 Å². The van der Waals surface area contributed by atoms with Gasteiger partial charge in [-0.1, -0.05) is 11.6 Å². The third-order valence-electron chi connectivity index (χ3n) is 4.05. The summed E-state index contributed by atoms with van der Waals surface area (Å²) in [5.41, 5.74) is -0.748. The maximum Gasteiger partial charge on any atom is 0.417 e. The number of fused-ring (bicyclic) bond motifs is 1. The molecular formula is C17H10ClF3N8O. The molecule has 0 saturated carbocycles. The number of nitrogens with one attached hydrogen (secondary N) is 1. The van der Waals surface area contributed by atoms with Gasteiger partial charge in [-0.3, -0.25) is 0 Å². The van der Waals surface area contributed by atoms with Crippen molar-refractivity contribution in [3.05, 3.63) is 53.0 Å². The van der Waals surface area contributed by atoms with E-state index in [4.69, 9.17) is 21.3 Å². The highest BCUT2D eigenvalue weighted by Gasteiger charge is 2.34. The van der Waals surface area contributed by atoms with Crippen LogP contribution in [0.25, 0.3) is 16.9 Å². The van der Waals surface area contributed by atoms with E-state index in [-0.39, 0.29) is 22.8 Å². The first-order valence-corrected chi connectivity index (χ1v) is 8.70. The van der Waals surface area contributed by atoms with E-state index in [0.717, 1.165) is 12.1 Å². The zero-order valence-corrected chi connectivity index (χ0v) is 15.8. The molecule has 0 fully saturated rings. The predicted octanol–water partition coefficient (Wildman–Crippen LogP) is 3.92. The number of aromatic nitrogens is 6. The molecule has 30 heavy (non-hydrogen) atoms. The average Bonchev–Trinajstić information content (AvgIpc) is 3.33. The van der Waals surface area contributed by atoms with Crippen molar-refractivity contribution in [2.75, 3.05) is 5.32 Å². The maximum atomic E-state index is 13.0. The van der Waals surface area contributed by atoms with E-state index in [1.54, 1.807) is 6.92 Å². The van der Waals surface area contributed by atoms with Crippen LogP contribution < -0.4 is 5.32 Å². The Morgan fingerprint density at radius 3 is 2.70 bits per heavy atom. The van der Waals surface area contributed by atoms with Crippen molar-refractivity contribution in [1.82, 2.24) is 29.7 Å². The molecule has 3 aromatic heterocycles. The normalized spacial score (nSPS) is 12.7. The molecule has 0 radical (unpaired) electrons. The van der Waals surface area contributed by atoms with Crippen molar-refractivity contribution < 1.29 is 17.6 Å². The molecule has 4 aromatic rings. The molecule has 0 aliphatic rings. The van der Waals surface area contributed by atoms with Gasteiger partial charge in [0.15, 0.2) is 22.9 Å². The van der Waals surface area contributed by atoms with Gasteiger partial charge in [0.2, 0.25) is 0 Å². The molecule has 152 valence electrons. The van der Waals surface area contributed by atoms with Gasteiger partial charge in [0.05, 0.1) is 29.0 Å². The van der Waals surface area contributed by atoms with Crippen LogP contribution in [0.4, 0.5) is 19.2 Å². The first-order valence-electron chi connectivity index (χ1n) is 8.32. The fourth-order valence-corrected chi connectivity index (χ4v) is 2.95. The smallest absolute Gasteiger partial charge is 0.417 e. The molecule has 0 amide bonds. The zero-order valence-electron chi connectivity index (χ0n) is 15.0. The van der Waals surface area contributed by atoms with Crippen molar-refractivity contribution in [3.8, 4) is 11.9 Å². The highest BCUT2D eigenvalue weighted by molar-refractivity contribution is 6.32. The van der Waals surface area contributed by atoms with Crippen LogP contribution in [0.3, 0.4) is 0 Å². The fraction of sp³-hybridized carbons (Fsp3) is 0.176. The van der Waals surface area contributed by atoms with Gasteiger partial charge in [-0.05, 0) is 13.0 Å². The lowest BCUT2D eigenvalue weighted by molar-refractivity contribution is -0.137. The number of nitrogens with zero attached hydrogens (tertiary/aromatic N) is 7. The second kappa shape index (κ2) is 7.27. The van der Waals surface area contributed by atoms with E-state index in [2.05, 4.69) is 30.4 Å². The number of hydrogen-bond acceptors (Lipinski definition) is 8. The van der Waals surface area contributed by atoms with Crippen LogP contribution in [-0.2, 0) is 6.18 Å². The van der Waals surface area contributed by atoms with Crippen LogP contribution >= 0.6 is 11.6 Å². The highest BCUT2D eigenvalue weighted by Crippen LogP contribution is 2.37. The Morgan fingerprint density at radius 1 is 1.23 bits per heavy atom. The number of oxazole rings is 1. The number of hydrogen-bond donors (Lipinski definition) is 1. The summed E-state index contributed by atoms with van der Waals surface area (Å²) in [7, 11) is 0. The minimum atomic E-state index is -4.61. The molecular weight excluding hydrogens is 425 g/mol. The molecule has 0 bridgehead atoms. The molecule has 1 atom stereocenters. The van der Waals surface area contributed by atoms with Crippen LogP contribution in [0.1, 0.15) is 30.0 Å². The van der Waals surface area contributed by atoms with Gasteiger partial charge in [-0.25, -0.2) is 15.0 Å². The molecule has 0 saturated heterocycles. The monoisotopic (exact) mass is 434 g/mol. The SMILES string of the molecule is C[C@H](Nc1nc2cc(C(F)(F)F)c(Cl)cc2o1)c1ncnn1-c1cnc(C#N)cn1. The summed E-state index contributed by atoms with van der Waals surface area (Å²) in [6.45, 7) is 1.72. The molecule has 9 nitrogen and oxygen atoms in total. The van der Waals surface area contributed by atoms with Crippen LogP contribution in [0.15, 0.2) is 35.3 Å². The van der Waals surface area contributed by atoms with E-state index in [1.165, 1.54) is 23.4 Å². The maximum absolute atomic E-state index is 13.0. The standard InChI is InChI=1S/C17H10ClF3N8O/c1-8(15-25-7-26-29(15)14-6-23-9(4-22)5-24-14)27-16-28-12-2-10(17(19,20)21)11(18)3-13(12)30-16/h2-3,5-8H,1H3,(H,27,28)/t8-/m0/s1. The molecule has 4 rings (SSSR count). The predicted molar refractivity (Wildman–Crippen MR) is 97.7 cm³/mol. The Hall–Kier alpha value is -3.72. The molecule has 0 spiro atoms. The average molecular weight is 435 g/mol. The van der Waals surface area contributed by atoms with Crippen molar-refractivity contribution >= 4 is 28.7 Å². The summed E-state index contributed by atoms with van der Waals surface area (Å²) in [6.07, 6.45) is -0.649. The van der Waals surface area contributed by atoms with Gasteiger partial charge >= 0.3 is 6.18 Å². The van der Waals surface area contributed by atoms with Gasteiger partial charge in [0.25, 0.3) is 6.01 Å². The molecule has 0 aliphatic heterocycles. The number of rotatable bonds is 4. The van der Waals surface area contributed by atoms with Crippen LogP contribution in [0.2, 0.25) is 5.02 Å². The van der Waals surface area contributed by atoms with E-state index >= 15 is 0 Å². The Labute approximate surface area is 171 Å². The summed E-state index contributed by atoms with van der Waals surface area (Å²) < 4.78 is 45.9. The van der Waals surface area contributed by atoms with Crippen molar-refractivity contribution in [1.29, 1.82) is 5.26 Å². The summed E-state index contributed by atoms with van der Waals surface area (Å²) in [4.78, 5) is 16.2. The number of nitriles is 1. The molecule has 1 N–H and O–H groups in total. The van der Waals surface area contributed by atoms with E-state index in [1.807, 2.05) is 6.07 Å². The van der Waals surface area contributed by atoms with E-state index in [9.17, 15) is 13.2 Å². The second-order valence-corrected chi connectivity index (χ2v) is 6.49. The lowest BCUT2D eigenvalue weighted by Gasteiger charge is -2.12. The van der Waals surface area contributed by atoms with Gasteiger partial charge in [-0.15, -0.1) is 0 Å². The van der Waals surface area contributed by atoms with Crippen LogP contribution in [0.5, 0.6) is 0 Å². The van der Waals surface area contributed by atoms with Gasteiger partial charge < -0.3 is 9.73 Å². The Kier molecular flexibility index (Phi) is 4.75. The van der Waals surface area contributed by atoms with Crippen molar-refractivity contribution in [2.24, 2.45) is 0 Å². The fourth-order valence-electron chi connectivity index (χ4n) is 2.69. The first kappa shape index (κ1) is 19.6. The summed E-state index contributed by atoms with van der Waals surface area (Å²) >= 11 is 5.71. The molecule has 3 heterocycles. The third-order valence-corrected chi connectivity index (χ3v) is 4.37. The molecule has 1 aromatic carbocycles. The van der Waals surface area contributed by atoms with Gasteiger partial charge in [0, 0.05) is 6.07 Å². The number of halogens is 4. The minimum Gasteiger partial charge on any atom is -0.423 e. The second-order valence-electron chi connectivity index (χ2n) is 6.08.